The predicted octanol–water partition coefficient (Wildman–Crippen LogP) is 3.47. The zero-order chi connectivity index (χ0) is 15.1. The highest BCUT2D eigenvalue weighted by Crippen LogP contribution is 2.26. The first-order valence-corrected chi connectivity index (χ1v) is 7.12. The van der Waals surface area contributed by atoms with Crippen LogP contribution < -0.4 is 0 Å². The van der Waals surface area contributed by atoms with Crippen LogP contribution in [0.1, 0.15) is 16.1 Å². The SMILES string of the molecule is COC=C(C(=O)OC)c1scnc1C=Cc1ccccc1. The topological polar surface area (TPSA) is 48.4 Å². The molecule has 0 saturated heterocycles. The number of ether oxygens (including phenoxy) is 2. The van der Waals surface area contributed by atoms with Gasteiger partial charge in [-0.15, -0.1) is 11.3 Å². The van der Waals surface area contributed by atoms with Crippen LogP contribution in [0.25, 0.3) is 17.7 Å². The number of esters is 1. The third kappa shape index (κ3) is 3.79. The molecule has 0 aliphatic heterocycles. The molecule has 21 heavy (non-hydrogen) atoms. The summed E-state index contributed by atoms with van der Waals surface area (Å²) in [5.74, 6) is -0.449. The van der Waals surface area contributed by atoms with Crippen LogP contribution in [0.2, 0.25) is 0 Å². The molecule has 2 rings (SSSR count). The Hall–Kier alpha value is -2.40. The van der Waals surface area contributed by atoms with Crippen molar-refractivity contribution < 1.29 is 14.3 Å². The number of carbonyl (C=O) groups excluding carboxylic acids is 1. The summed E-state index contributed by atoms with van der Waals surface area (Å²) in [6.45, 7) is 0. The third-order valence-electron chi connectivity index (χ3n) is 2.71. The van der Waals surface area contributed by atoms with Crippen molar-refractivity contribution in [3.63, 3.8) is 0 Å². The van der Waals surface area contributed by atoms with E-state index in [1.807, 2.05) is 42.5 Å². The van der Waals surface area contributed by atoms with Crippen molar-refractivity contribution in [1.82, 2.24) is 4.98 Å². The molecule has 2 aromatic rings. The molecule has 0 spiro atoms. The average molecular weight is 301 g/mol. The Morgan fingerprint density at radius 2 is 1.95 bits per heavy atom. The highest BCUT2D eigenvalue weighted by Gasteiger charge is 2.18. The summed E-state index contributed by atoms with van der Waals surface area (Å²) in [7, 11) is 2.83. The summed E-state index contributed by atoms with van der Waals surface area (Å²) < 4.78 is 9.73. The van der Waals surface area contributed by atoms with Gasteiger partial charge in [0.05, 0.1) is 36.6 Å². The molecule has 108 valence electrons. The zero-order valence-corrected chi connectivity index (χ0v) is 12.6. The smallest absolute Gasteiger partial charge is 0.342 e. The molecular weight excluding hydrogens is 286 g/mol. The number of hydrogen-bond donors (Lipinski definition) is 0. The van der Waals surface area contributed by atoms with Crippen LogP contribution in [0.4, 0.5) is 0 Å². The second-order valence-electron chi connectivity index (χ2n) is 4.07. The van der Waals surface area contributed by atoms with E-state index >= 15 is 0 Å². The monoisotopic (exact) mass is 301 g/mol. The van der Waals surface area contributed by atoms with E-state index in [1.165, 1.54) is 31.8 Å². The van der Waals surface area contributed by atoms with Crippen molar-refractivity contribution >= 4 is 35.0 Å². The van der Waals surface area contributed by atoms with Gasteiger partial charge < -0.3 is 9.47 Å². The predicted molar refractivity (Wildman–Crippen MR) is 84.5 cm³/mol. The number of carbonyl (C=O) groups is 1. The van der Waals surface area contributed by atoms with Crippen molar-refractivity contribution in [3.05, 3.63) is 58.2 Å². The van der Waals surface area contributed by atoms with Gasteiger partial charge in [0.15, 0.2) is 0 Å². The lowest BCUT2D eigenvalue weighted by Crippen LogP contribution is -2.04. The summed E-state index contributed by atoms with van der Waals surface area (Å²) in [5, 5.41) is 0. The van der Waals surface area contributed by atoms with Gasteiger partial charge in [-0.2, -0.15) is 0 Å². The minimum absolute atomic E-state index is 0.357. The van der Waals surface area contributed by atoms with Gasteiger partial charge >= 0.3 is 5.97 Å². The van der Waals surface area contributed by atoms with E-state index in [0.717, 1.165) is 10.4 Å². The van der Waals surface area contributed by atoms with Crippen LogP contribution in [0, 0.1) is 0 Å². The Kier molecular flexibility index (Phi) is 5.29. The molecular formula is C16H15NO3S. The molecule has 0 fully saturated rings. The second-order valence-corrected chi connectivity index (χ2v) is 4.92. The van der Waals surface area contributed by atoms with E-state index in [1.54, 1.807) is 5.51 Å². The highest BCUT2D eigenvalue weighted by molar-refractivity contribution is 7.11. The lowest BCUT2D eigenvalue weighted by atomic mass is 10.1. The van der Waals surface area contributed by atoms with E-state index < -0.39 is 5.97 Å². The van der Waals surface area contributed by atoms with Crippen LogP contribution >= 0.6 is 11.3 Å². The van der Waals surface area contributed by atoms with Gasteiger partial charge in [-0.25, -0.2) is 9.78 Å². The van der Waals surface area contributed by atoms with Crippen LogP contribution in [0.3, 0.4) is 0 Å². The summed E-state index contributed by atoms with van der Waals surface area (Å²) in [6.07, 6.45) is 5.19. The van der Waals surface area contributed by atoms with Gasteiger partial charge in [0.2, 0.25) is 0 Å². The summed E-state index contributed by atoms with van der Waals surface area (Å²) >= 11 is 1.36. The normalized spacial score (nSPS) is 11.6. The largest absolute Gasteiger partial charge is 0.503 e. The lowest BCUT2D eigenvalue weighted by Gasteiger charge is -2.03. The quantitative estimate of drug-likeness (QED) is 0.482. The molecule has 4 nitrogen and oxygen atoms in total. The number of benzene rings is 1. The first kappa shape index (κ1) is 15.0. The molecule has 5 heteroatoms. The molecule has 1 aromatic heterocycles. The van der Waals surface area contributed by atoms with Gasteiger partial charge in [-0.3, -0.25) is 0 Å². The van der Waals surface area contributed by atoms with E-state index in [-0.39, 0.29) is 0 Å². The molecule has 0 aliphatic carbocycles. The van der Waals surface area contributed by atoms with E-state index in [4.69, 9.17) is 9.47 Å². The maximum absolute atomic E-state index is 11.8. The van der Waals surface area contributed by atoms with Crippen molar-refractivity contribution in [2.75, 3.05) is 14.2 Å². The van der Waals surface area contributed by atoms with Crippen molar-refractivity contribution in [1.29, 1.82) is 0 Å². The van der Waals surface area contributed by atoms with Gasteiger partial charge in [0.1, 0.15) is 5.57 Å². The fourth-order valence-corrected chi connectivity index (χ4v) is 2.51. The Morgan fingerprint density at radius 3 is 2.62 bits per heavy atom. The summed E-state index contributed by atoms with van der Waals surface area (Å²) in [4.78, 5) is 16.8. The van der Waals surface area contributed by atoms with Crippen LogP contribution in [-0.2, 0) is 14.3 Å². The Labute approximate surface area is 127 Å². The van der Waals surface area contributed by atoms with Crippen molar-refractivity contribution in [2.45, 2.75) is 0 Å². The number of nitrogens with zero attached hydrogens (tertiary/aromatic N) is 1. The summed E-state index contributed by atoms with van der Waals surface area (Å²) in [5.41, 5.74) is 3.81. The van der Waals surface area contributed by atoms with E-state index in [0.29, 0.717) is 11.3 Å². The molecule has 0 aliphatic rings. The Bertz CT molecular complexity index is 659. The first-order chi connectivity index (χ1) is 10.3. The molecule has 0 atom stereocenters. The summed E-state index contributed by atoms with van der Waals surface area (Å²) in [6, 6.07) is 9.88. The Balaban J connectivity index is 2.32. The fourth-order valence-electron chi connectivity index (χ4n) is 1.74. The Morgan fingerprint density at radius 1 is 1.19 bits per heavy atom. The van der Waals surface area contributed by atoms with E-state index in [2.05, 4.69) is 4.98 Å². The molecule has 0 unspecified atom stereocenters. The van der Waals surface area contributed by atoms with Gasteiger partial charge in [0, 0.05) is 0 Å². The van der Waals surface area contributed by atoms with Crippen LogP contribution in [-0.4, -0.2) is 25.2 Å². The van der Waals surface area contributed by atoms with Gasteiger partial charge in [-0.1, -0.05) is 36.4 Å². The first-order valence-electron chi connectivity index (χ1n) is 6.24. The molecule has 1 aromatic carbocycles. The maximum atomic E-state index is 11.8. The van der Waals surface area contributed by atoms with Crippen molar-refractivity contribution in [3.8, 4) is 0 Å². The molecule has 1 heterocycles. The molecule has 0 N–H and O–H groups in total. The standard InChI is InChI=1S/C16H15NO3S/c1-19-10-13(16(18)20-2)15-14(17-11-21-15)9-8-12-6-4-3-5-7-12/h3-11H,1-2H3. The number of thiazole rings is 1. The van der Waals surface area contributed by atoms with Gasteiger partial charge in [-0.05, 0) is 11.6 Å². The minimum atomic E-state index is -0.449. The fraction of sp³-hybridized carbons (Fsp3) is 0.125. The number of rotatable bonds is 5. The molecule has 0 amide bonds. The van der Waals surface area contributed by atoms with Crippen LogP contribution in [0.5, 0.6) is 0 Å². The van der Waals surface area contributed by atoms with Crippen LogP contribution in [0.15, 0.2) is 42.1 Å². The van der Waals surface area contributed by atoms with E-state index in [9.17, 15) is 4.79 Å². The molecule has 0 bridgehead atoms. The maximum Gasteiger partial charge on any atom is 0.342 e. The minimum Gasteiger partial charge on any atom is -0.503 e. The number of aromatic nitrogens is 1. The average Bonchev–Trinajstić information content (AvgIpc) is 2.99. The van der Waals surface area contributed by atoms with Crippen molar-refractivity contribution in [2.24, 2.45) is 0 Å². The lowest BCUT2D eigenvalue weighted by molar-refractivity contribution is -0.133. The molecule has 0 saturated carbocycles. The number of hydrogen-bond acceptors (Lipinski definition) is 5. The zero-order valence-electron chi connectivity index (χ0n) is 11.8. The number of methoxy groups -OCH3 is 2. The third-order valence-corrected chi connectivity index (χ3v) is 3.59. The molecule has 0 radical (unpaired) electrons. The highest BCUT2D eigenvalue weighted by atomic mass is 32.1. The van der Waals surface area contributed by atoms with Gasteiger partial charge in [0.25, 0.3) is 0 Å². The second kappa shape index (κ2) is 7.40.